The van der Waals surface area contributed by atoms with Gasteiger partial charge in [0.15, 0.2) is 0 Å². The number of aryl methyl sites for hydroxylation is 2. The van der Waals surface area contributed by atoms with E-state index < -0.39 is 0 Å². The Kier molecular flexibility index (Phi) is 7.81. The molecule has 0 aliphatic rings. The Morgan fingerprint density at radius 2 is 0.688 bits per heavy atom. The molecule has 0 aromatic heterocycles. The number of benzene rings is 2. The van der Waals surface area contributed by atoms with Crippen LogP contribution in [0.15, 0.2) is 36.4 Å². The highest BCUT2D eigenvalue weighted by molar-refractivity contribution is 5.42. The average Bonchev–Trinajstić information content (AvgIpc) is 2.62. The number of unbranched alkanes of at least 4 members (excludes halogenated alkanes) is 1. The van der Waals surface area contributed by atoms with Crippen molar-refractivity contribution in [2.45, 2.75) is 130 Å². The summed E-state index contributed by atoms with van der Waals surface area (Å²) in [5, 5.41) is 0. The molecule has 0 amide bonds. The van der Waals surface area contributed by atoms with Gasteiger partial charge in [-0.1, -0.05) is 119 Å². The lowest BCUT2D eigenvalue weighted by Gasteiger charge is -2.31. The molecule has 0 nitrogen and oxygen atoms in total. The van der Waals surface area contributed by atoms with Gasteiger partial charge in [-0.3, -0.25) is 0 Å². The topological polar surface area (TPSA) is 0 Å². The van der Waals surface area contributed by atoms with Gasteiger partial charge in [0.25, 0.3) is 0 Å². The summed E-state index contributed by atoms with van der Waals surface area (Å²) in [4.78, 5) is 0. The van der Waals surface area contributed by atoms with Crippen LogP contribution >= 0.6 is 0 Å². The predicted molar refractivity (Wildman–Crippen MR) is 144 cm³/mol. The number of rotatable bonds is 5. The molecule has 2 rings (SSSR count). The molecule has 2 aromatic carbocycles. The first-order valence-corrected chi connectivity index (χ1v) is 12.7. The Hall–Kier alpha value is -1.56. The van der Waals surface area contributed by atoms with Crippen LogP contribution in [0.4, 0.5) is 0 Å². The van der Waals surface area contributed by atoms with E-state index in [-0.39, 0.29) is 21.7 Å². The highest BCUT2D eigenvalue weighted by Crippen LogP contribution is 2.36. The van der Waals surface area contributed by atoms with Gasteiger partial charge in [0.05, 0.1) is 0 Å². The second kappa shape index (κ2) is 9.36. The molecule has 0 heterocycles. The zero-order valence-corrected chi connectivity index (χ0v) is 23.3. The molecule has 0 saturated heterocycles. The van der Waals surface area contributed by atoms with Crippen molar-refractivity contribution in [2.75, 3.05) is 0 Å². The van der Waals surface area contributed by atoms with E-state index in [1.807, 2.05) is 0 Å². The van der Waals surface area contributed by atoms with E-state index in [0.717, 1.165) is 0 Å². The van der Waals surface area contributed by atoms with Crippen LogP contribution in [0, 0.1) is 0 Å². The van der Waals surface area contributed by atoms with Crippen LogP contribution in [0.3, 0.4) is 0 Å². The van der Waals surface area contributed by atoms with Crippen molar-refractivity contribution in [3.05, 3.63) is 69.8 Å². The SMILES string of the molecule is CC(C)(C)c1ccc(CCCCc2ccc(C(C)(C)C)c(C(C)(C)C)c2)cc1C(C)(C)C. The van der Waals surface area contributed by atoms with Crippen molar-refractivity contribution in [1.82, 2.24) is 0 Å². The van der Waals surface area contributed by atoms with Crippen LogP contribution in [0.1, 0.15) is 129 Å². The van der Waals surface area contributed by atoms with Crippen molar-refractivity contribution >= 4 is 0 Å². The van der Waals surface area contributed by atoms with E-state index in [1.165, 1.54) is 59.1 Å². The zero-order valence-electron chi connectivity index (χ0n) is 23.3. The summed E-state index contributed by atoms with van der Waals surface area (Å²) in [5.74, 6) is 0. The maximum atomic E-state index is 2.48. The van der Waals surface area contributed by atoms with Crippen LogP contribution in [0.5, 0.6) is 0 Å². The van der Waals surface area contributed by atoms with Crippen LogP contribution in [-0.2, 0) is 34.5 Å². The first-order chi connectivity index (χ1) is 14.4. The second-order valence-electron chi connectivity index (χ2n) is 14.0. The van der Waals surface area contributed by atoms with Gasteiger partial charge in [-0.15, -0.1) is 0 Å². The van der Waals surface area contributed by atoms with Crippen LogP contribution in [0.2, 0.25) is 0 Å². The minimum absolute atomic E-state index is 0.177. The third-order valence-corrected chi connectivity index (χ3v) is 6.58. The molecular weight excluding hydrogens is 384 g/mol. The predicted octanol–water partition coefficient (Wildman–Crippen LogP) is 9.44. The van der Waals surface area contributed by atoms with Gasteiger partial charge in [0.1, 0.15) is 0 Å². The Labute approximate surface area is 200 Å². The van der Waals surface area contributed by atoms with Crippen molar-refractivity contribution in [2.24, 2.45) is 0 Å². The van der Waals surface area contributed by atoms with Crippen molar-refractivity contribution in [3.8, 4) is 0 Å². The van der Waals surface area contributed by atoms with Gasteiger partial charge in [-0.05, 0) is 80.7 Å². The molecule has 0 N–H and O–H groups in total. The quantitative estimate of drug-likeness (QED) is 0.411. The standard InChI is InChI=1S/C32H50/c1-29(2,3)25-19-17-23(21-27(25)31(7,8)9)15-13-14-16-24-18-20-26(30(4,5)6)28(22-24)32(10,11)12/h17-22H,13-16H2,1-12H3. The van der Waals surface area contributed by atoms with Gasteiger partial charge >= 0.3 is 0 Å². The average molecular weight is 435 g/mol. The molecule has 2 aromatic rings. The van der Waals surface area contributed by atoms with Gasteiger partial charge in [0, 0.05) is 0 Å². The molecule has 32 heavy (non-hydrogen) atoms. The Morgan fingerprint density at radius 1 is 0.406 bits per heavy atom. The maximum Gasteiger partial charge on any atom is -0.0129 e. The van der Waals surface area contributed by atoms with E-state index >= 15 is 0 Å². The van der Waals surface area contributed by atoms with E-state index in [2.05, 4.69) is 119 Å². The Balaban J connectivity index is 2.11. The van der Waals surface area contributed by atoms with E-state index in [1.54, 1.807) is 0 Å². The molecule has 0 radical (unpaired) electrons. The smallest absolute Gasteiger partial charge is 0.0129 e. The van der Waals surface area contributed by atoms with Crippen LogP contribution in [-0.4, -0.2) is 0 Å². The van der Waals surface area contributed by atoms with Crippen molar-refractivity contribution in [3.63, 3.8) is 0 Å². The molecule has 0 unspecified atom stereocenters. The second-order valence-corrected chi connectivity index (χ2v) is 14.0. The van der Waals surface area contributed by atoms with Gasteiger partial charge in [-0.25, -0.2) is 0 Å². The van der Waals surface area contributed by atoms with Crippen LogP contribution in [0.25, 0.3) is 0 Å². The summed E-state index contributed by atoms with van der Waals surface area (Å²) in [5.41, 5.74) is 9.70. The summed E-state index contributed by atoms with van der Waals surface area (Å²) < 4.78 is 0. The van der Waals surface area contributed by atoms with Crippen molar-refractivity contribution < 1.29 is 0 Å². The molecule has 0 bridgehead atoms. The molecule has 0 spiro atoms. The van der Waals surface area contributed by atoms with Gasteiger partial charge in [-0.2, -0.15) is 0 Å². The zero-order chi connectivity index (χ0) is 24.5. The van der Waals surface area contributed by atoms with Crippen molar-refractivity contribution in [1.29, 1.82) is 0 Å². The molecule has 178 valence electrons. The summed E-state index contributed by atoms with van der Waals surface area (Å²) in [6.07, 6.45) is 4.81. The molecule has 0 aliphatic carbocycles. The highest BCUT2D eigenvalue weighted by atomic mass is 14.3. The fourth-order valence-electron chi connectivity index (χ4n) is 4.70. The van der Waals surface area contributed by atoms with Gasteiger partial charge < -0.3 is 0 Å². The molecule has 0 atom stereocenters. The van der Waals surface area contributed by atoms with Gasteiger partial charge in [0.2, 0.25) is 0 Å². The third kappa shape index (κ3) is 6.97. The molecule has 0 saturated carbocycles. The molecule has 0 fully saturated rings. The largest absolute Gasteiger partial charge is 0.0587 e. The minimum Gasteiger partial charge on any atom is -0.0587 e. The summed E-state index contributed by atoms with van der Waals surface area (Å²) in [6.45, 7) is 28.0. The molecular formula is C32H50. The normalized spacial score (nSPS) is 13.5. The maximum absolute atomic E-state index is 2.48. The molecule has 0 aliphatic heterocycles. The Morgan fingerprint density at radius 3 is 0.938 bits per heavy atom. The molecule has 0 heteroatoms. The highest BCUT2D eigenvalue weighted by Gasteiger charge is 2.26. The van der Waals surface area contributed by atoms with Crippen LogP contribution < -0.4 is 0 Å². The van der Waals surface area contributed by atoms with E-state index in [0.29, 0.717) is 0 Å². The summed E-state index contributed by atoms with van der Waals surface area (Å²) >= 11 is 0. The van der Waals surface area contributed by atoms with E-state index in [9.17, 15) is 0 Å². The lowest BCUT2D eigenvalue weighted by atomic mass is 9.74. The Bertz CT molecular complexity index is 822. The lowest BCUT2D eigenvalue weighted by molar-refractivity contribution is 0.528. The minimum atomic E-state index is 0.177. The first-order valence-electron chi connectivity index (χ1n) is 12.7. The fourth-order valence-corrected chi connectivity index (χ4v) is 4.70. The van der Waals surface area contributed by atoms with E-state index in [4.69, 9.17) is 0 Å². The number of hydrogen-bond acceptors (Lipinski definition) is 0. The number of hydrogen-bond donors (Lipinski definition) is 0. The lowest BCUT2D eigenvalue weighted by Crippen LogP contribution is -2.22. The summed E-state index contributed by atoms with van der Waals surface area (Å²) in [6, 6.07) is 14.5. The summed E-state index contributed by atoms with van der Waals surface area (Å²) in [7, 11) is 0. The monoisotopic (exact) mass is 434 g/mol. The first kappa shape index (κ1) is 26.7. The third-order valence-electron chi connectivity index (χ3n) is 6.58. The fraction of sp³-hybridized carbons (Fsp3) is 0.625.